The molecule has 2 rings (SSSR count). The average Bonchev–Trinajstić information content (AvgIpc) is 2.39. The number of hydrogen-bond donors (Lipinski definition) is 1. The van der Waals surface area contributed by atoms with Gasteiger partial charge in [0.25, 0.3) is 0 Å². The first kappa shape index (κ1) is 13.5. The molecule has 1 N–H and O–H groups in total. The topological polar surface area (TPSA) is 68.3 Å². The van der Waals surface area contributed by atoms with E-state index in [-0.39, 0.29) is 0 Å². The van der Waals surface area contributed by atoms with Gasteiger partial charge in [0.1, 0.15) is 0 Å². The number of piperidine rings is 1. The lowest BCUT2D eigenvalue weighted by atomic mass is 9.91. The molecule has 0 amide bonds. The SMILES string of the molecule is CNc1cccnc1C1(S(=O)[O-])CCN(C)CC1. The fraction of sp³-hybridized carbons (Fsp3) is 0.583. The highest BCUT2D eigenvalue weighted by Gasteiger charge is 2.39. The van der Waals surface area contributed by atoms with Gasteiger partial charge in [-0.05, 0) is 56.2 Å². The van der Waals surface area contributed by atoms with Gasteiger partial charge in [0, 0.05) is 13.2 Å². The summed E-state index contributed by atoms with van der Waals surface area (Å²) in [6.07, 6.45) is 2.83. The van der Waals surface area contributed by atoms with E-state index in [0.29, 0.717) is 18.5 Å². The Morgan fingerprint density at radius 1 is 1.50 bits per heavy atom. The largest absolute Gasteiger partial charge is 0.772 e. The van der Waals surface area contributed by atoms with E-state index in [1.54, 1.807) is 13.2 Å². The van der Waals surface area contributed by atoms with Crippen molar-refractivity contribution in [2.24, 2.45) is 0 Å². The van der Waals surface area contributed by atoms with Crippen LogP contribution in [-0.4, -0.2) is 45.8 Å². The maximum Gasteiger partial charge on any atom is 0.0810 e. The van der Waals surface area contributed by atoms with Gasteiger partial charge in [-0.1, -0.05) is 0 Å². The Hall–Kier alpha value is -0.980. The molecule has 1 unspecified atom stereocenters. The lowest BCUT2D eigenvalue weighted by Crippen LogP contribution is -2.44. The smallest absolute Gasteiger partial charge is 0.0810 e. The van der Waals surface area contributed by atoms with Crippen molar-refractivity contribution in [2.45, 2.75) is 17.6 Å². The van der Waals surface area contributed by atoms with Crippen LogP contribution in [0.4, 0.5) is 5.69 Å². The van der Waals surface area contributed by atoms with E-state index < -0.39 is 15.8 Å². The maximum absolute atomic E-state index is 11.8. The zero-order chi connectivity index (χ0) is 13.2. The first-order valence-corrected chi connectivity index (χ1v) is 7.09. The van der Waals surface area contributed by atoms with Gasteiger partial charge in [0.05, 0.1) is 16.1 Å². The minimum atomic E-state index is -2.17. The summed E-state index contributed by atoms with van der Waals surface area (Å²) in [5, 5.41) is 3.03. The van der Waals surface area contributed by atoms with Gasteiger partial charge in [-0.25, -0.2) is 0 Å². The van der Waals surface area contributed by atoms with E-state index in [4.69, 9.17) is 0 Å². The molecule has 0 radical (unpaired) electrons. The zero-order valence-electron chi connectivity index (χ0n) is 10.7. The number of pyridine rings is 1. The van der Waals surface area contributed by atoms with Gasteiger partial charge in [-0.3, -0.25) is 9.19 Å². The summed E-state index contributed by atoms with van der Waals surface area (Å²) in [6, 6.07) is 3.68. The Bertz CT molecular complexity index is 445. The molecule has 5 nitrogen and oxygen atoms in total. The van der Waals surface area contributed by atoms with Gasteiger partial charge in [-0.15, -0.1) is 0 Å². The van der Waals surface area contributed by atoms with Gasteiger partial charge < -0.3 is 14.8 Å². The Balaban J connectivity index is 2.44. The van der Waals surface area contributed by atoms with Crippen molar-refractivity contribution < 1.29 is 8.76 Å². The van der Waals surface area contributed by atoms with Gasteiger partial charge in [0.15, 0.2) is 0 Å². The molecule has 0 saturated carbocycles. The summed E-state index contributed by atoms with van der Waals surface area (Å²) in [5.41, 5.74) is 1.44. The molecule has 0 aromatic carbocycles. The molecule has 1 saturated heterocycles. The van der Waals surface area contributed by atoms with Crippen LogP contribution in [0, 0.1) is 0 Å². The third-order valence-corrected chi connectivity index (χ3v) is 4.86. The minimum Gasteiger partial charge on any atom is -0.772 e. The lowest BCUT2D eigenvalue weighted by Gasteiger charge is -2.42. The van der Waals surface area contributed by atoms with E-state index >= 15 is 0 Å². The van der Waals surface area contributed by atoms with Crippen molar-refractivity contribution in [3.63, 3.8) is 0 Å². The fourth-order valence-electron chi connectivity index (χ4n) is 2.43. The summed E-state index contributed by atoms with van der Waals surface area (Å²) in [7, 11) is 3.80. The average molecular weight is 268 g/mol. The summed E-state index contributed by atoms with van der Waals surface area (Å²) in [4.78, 5) is 6.46. The highest BCUT2D eigenvalue weighted by molar-refractivity contribution is 7.80. The third-order valence-electron chi connectivity index (χ3n) is 3.62. The summed E-state index contributed by atoms with van der Waals surface area (Å²) in [6.45, 7) is 1.54. The second kappa shape index (κ2) is 5.34. The van der Waals surface area contributed by atoms with Crippen molar-refractivity contribution in [3.8, 4) is 0 Å². The number of nitrogens with zero attached hydrogens (tertiary/aromatic N) is 2. The molecule has 0 bridgehead atoms. The summed E-state index contributed by atoms with van der Waals surface area (Å²) < 4.78 is 22.7. The molecule has 6 heteroatoms. The van der Waals surface area contributed by atoms with Crippen LogP contribution in [0.3, 0.4) is 0 Å². The molecule has 1 aliphatic heterocycles. The van der Waals surface area contributed by atoms with Gasteiger partial charge in [-0.2, -0.15) is 0 Å². The highest BCUT2D eigenvalue weighted by atomic mass is 32.2. The molecular weight excluding hydrogens is 250 g/mol. The van der Waals surface area contributed by atoms with Crippen LogP contribution in [0.2, 0.25) is 0 Å². The van der Waals surface area contributed by atoms with Crippen molar-refractivity contribution in [3.05, 3.63) is 24.0 Å². The predicted molar refractivity (Wildman–Crippen MR) is 71.1 cm³/mol. The van der Waals surface area contributed by atoms with Crippen LogP contribution in [0.15, 0.2) is 18.3 Å². The third kappa shape index (κ3) is 2.28. The molecule has 1 fully saturated rings. The van der Waals surface area contributed by atoms with Crippen LogP contribution in [0.25, 0.3) is 0 Å². The second-order valence-electron chi connectivity index (χ2n) is 4.68. The molecule has 18 heavy (non-hydrogen) atoms. The monoisotopic (exact) mass is 268 g/mol. The molecule has 100 valence electrons. The zero-order valence-corrected chi connectivity index (χ0v) is 11.5. The number of aromatic nitrogens is 1. The quantitative estimate of drug-likeness (QED) is 0.826. The minimum absolute atomic E-state index is 0.589. The normalized spacial score (nSPS) is 21.5. The summed E-state index contributed by atoms with van der Waals surface area (Å²) in [5.74, 6) is 0. The Morgan fingerprint density at radius 2 is 2.17 bits per heavy atom. The molecule has 1 aromatic rings. The molecule has 0 aliphatic carbocycles. The standard InChI is InChI=1S/C12H19N3O2S/c1-13-10-4-3-7-14-11(10)12(18(16)17)5-8-15(2)9-6-12/h3-4,7,13H,5-6,8-9H2,1-2H3,(H,16,17)/p-1. The van der Waals surface area contributed by atoms with Crippen molar-refractivity contribution in [1.29, 1.82) is 0 Å². The number of anilines is 1. The Labute approximate surface area is 110 Å². The van der Waals surface area contributed by atoms with E-state index in [2.05, 4.69) is 15.2 Å². The molecule has 1 atom stereocenters. The van der Waals surface area contributed by atoms with E-state index in [1.807, 2.05) is 19.2 Å². The molecule has 1 aromatic heterocycles. The number of rotatable bonds is 3. The van der Waals surface area contributed by atoms with Crippen LogP contribution < -0.4 is 5.32 Å². The first-order chi connectivity index (χ1) is 8.60. The van der Waals surface area contributed by atoms with Gasteiger partial charge >= 0.3 is 0 Å². The van der Waals surface area contributed by atoms with Crippen molar-refractivity contribution in [2.75, 3.05) is 32.5 Å². The van der Waals surface area contributed by atoms with Crippen LogP contribution >= 0.6 is 0 Å². The van der Waals surface area contributed by atoms with E-state index in [9.17, 15) is 8.76 Å². The second-order valence-corrected chi connectivity index (χ2v) is 5.93. The van der Waals surface area contributed by atoms with E-state index in [1.165, 1.54) is 0 Å². The van der Waals surface area contributed by atoms with Crippen LogP contribution in [0.1, 0.15) is 18.5 Å². The molecule has 2 heterocycles. The Morgan fingerprint density at radius 3 is 2.72 bits per heavy atom. The van der Waals surface area contributed by atoms with Crippen molar-refractivity contribution >= 4 is 16.8 Å². The van der Waals surface area contributed by atoms with E-state index in [0.717, 1.165) is 18.8 Å². The molecule has 0 spiro atoms. The Kier molecular flexibility index (Phi) is 3.99. The fourth-order valence-corrected chi connectivity index (χ4v) is 3.27. The van der Waals surface area contributed by atoms with Crippen LogP contribution in [0.5, 0.6) is 0 Å². The maximum atomic E-state index is 11.8. The lowest BCUT2D eigenvalue weighted by molar-refractivity contribution is 0.228. The highest BCUT2D eigenvalue weighted by Crippen LogP contribution is 2.39. The van der Waals surface area contributed by atoms with Crippen LogP contribution in [-0.2, 0) is 15.8 Å². The van der Waals surface area contributed by atoms with Gasteiger partial charge in [0.2, 0.25) is 0 Å². The molecular formula is C12H18N3O2S-. The predicted octanol–water partition coefficient (Wildman–Crippen LogP) is 0.923. The first-order valence-electron chi connectivity index (χ1n) is 6.01. The number of nitrogens with one attached hydrogen (secondary N) is 1. The number of likely N-dealkylation sites (tertiary alicyclic amines) is 1. The number of hydrogen-bond acceptors (Lipinski definition) is 5. The summed E-state index contributed by atoms with van der Waals surface area (Å²) >= 11 is -2.17. The van der Waals surface area contributed by atoms with Crippen molar-refractivity contribution in [1.82, 2.24) is 9.88 Å². The molecule has 1 aliphatic rings.